The van der Waals surface area contributed by atoms with Crippen molar-refractivity contribution >= 4 is 6.01 Å². The molecule has 0 unspecified atom stereocenters. The number of anilines is 1. The van der Waals surface area contributed by atoms with E-state index in [1.54, 1.807) is 6.92 Å². The monoisotopic (exact) mass is 199 g/mol. The lowest BCUT2D eigenvalue weighted by molar-refractivity contribution is 0.103. The first kappa shape index (κ1) is 9.42. The molecule has 0 saturated carbocycles. The summed E-state index contributed by atoms with van der Waals surface area (Å²) in [6.45, 7) is 4.25. The normalized spacial score (nSPS) is 19.2. The van der Waals surface area contributed by atoms with Gasteiger partial charge in [-0.15, -0.1) is 0 Å². The Labute approximate surface area is 81.6 Å². The highest BCUT2D eigenvalue weighted by atomic mass is 16.5. The lowest BCUT2D eigenvalue weighted by Crippen LogP contribution is -2.28. The second-order valence-electron chi connectivity index (χ2n) is 3.14. The summed E-state index contributed by atoms with van der Waals surface area (Å²) in [7, 11) is 0. The molecule has 0 radical (unpaired) electrons. The van der Waals surface area contributed by atoms with Gasteiger partial charge in [-0.2, -0.15) is 4.98 Å². The minimum Gasteiger partial charge on any atom is -0.377 e. The van der Waals surface area contributed by atoms with Gasteiger partial charge in [0.05, 0.1) is 32.5 Å². The highest BCUT2D eigenvalue weighted by molar-refractivity contribution is 5.20. The van der Waals surface area contributed by atoms with E-state index in [2.05, 4.69) is 15.5 Å². The summed E-state index contributed by atoms with van der Waals surface area (Å²) in [5.41, 5.74) is 0. The molecule has 1 aliphatic heterocycles. The number of hydrogen-bond acceptors (Lipinski definition) is 6. The average molecular weight is 199 g/mol. The standard InChI is InChI=1S/C8H13N3O3/c1-6-9-8(14-11-6)10-7-4-12-2-3-13-5-7/h7H,2-5H2,1H3,(H,9,10,11). The molecule has 1 aliphatic rings. The SMILES string of the molecule is Cc1noc(NC2COCCOC2)n1. The van der Waals surface area contributed by atoms with E-state index >= 15 is 0 Å². The molecule has 6 heteroatoms. The lowest BCUT2D eigenvalue weighted by Gasteiger charge is -2.12. The number of rotatable bonds is 2. The van der Waals surface area contributed by atoms with Gasteiger partial charge < -0.3 is 19.3 Å². The van der Waals surface area contributed by atoms with Crippen molar-refractivity contribution < 1.29 is 14.0 Å². The van der Waals surface area contributed by atoms with Crippen molar-refractivity contribution in [3.05, 3.63) is 5.82 Å². The molecule has 78 valence electrons. The largest absolute Gasteiger partial charge is 0.377 e. The van der Waals surface area contributed by atoms with Crippen LogP contribution in [0.5, 0.6) is 0 Å². The maximum atomic E-state index is 5.31. The predicted molar refractivity (Wildman–Crippen MR) is 48.1 cm³/mol. The quantitative estimate of drug-likeness (QED) is 0.734. The molecule has 0 bridgehead atoms. The molecule has 0 aromatic carbocycles. The maximum Gasteiger partial charge on any atom is 0.321 e. The number of hydrogen-bond donors (Lipinski definition) is 1. The minimum absolute atomic E-state index is 0.0809. The van der Waals surface area contributed by atoms with E-state index in [9.17, 15) is 0 Å². The van der Waals surface area contributed by atoms with Crippen molar-refractivity contribution in [2.45, 2.75) is 13.0 Å². The van der Waals surface area contributed by atoms with Crippen LogP contribution in [0.25, 0.3) is 0 Å². The van der Waals surface area contributed by atoms with Gasteiger partial charge in [-0.1, -0.05) is 5.16 Å². The second-order valence-corrected chi connectivity index (χ2v) is 3.14. The number of aromatic nitrogens is 2. The van der Waals surface area contributed by atoms with Crippen LogP contribution in [0.2, 0.25) is 0 Å². The first-order valence-corrected chi connectivity index (χ1v) is 4.57. The Morgan fingerprint density at radius 1 is 1.29 bits per heavy atom. The Bertz CT molecular complexity index is 281. The average Bonchev–Trinajstić information content (AvgIpc) is 2.43. The number of aryl methyl sites for hydroxylation is 1. The second kappa shape index (κ2) is 4.39. The fourth-order valence-corrected chi connectivity index (χ4v) is 1.23. The molecule has 1 aromatic heterocycles. The number of ether oxygens (including phenoxy) is 2. The Hall–Kier alpha value is -1.14. The summed E-state index contributed by atoms with van der Waals surface area (Å²) in [5, 5.41) is 6.73. The van der Waals surface area contributed by atoms with Crippen LogP contribution in [0.3, 0.4) is 0 Å². The third kappa shape index (κ3) is 2.43. The van der Waals surface area contributed by atoms with E-state index in [-0.39, 0.29) is 6.04 Å². The predicted octanol–water partition coefficient (Wildman–Crippen LogP) is 0.205. The van der Waals surface area contributed by atoms with Crippen molar-refractivity contribution in [2.24, 2.45) is 0 Å². The Morgan fingerprint density at radius 2 is 2.00 bits per heavy atom. The molecule has 1 fully saturated rings. The van der Waals surface area contributed by atoms with Gasteiger partial charge >= 0.3 is 6.01 Å². The summed E-state index contributed by atoms with van der Waals surface area (Å²) < 4.78 is 15.5. The van der Waals surface area contributed by atoms with Crippen molar-refractivity contribution in [1.82, 2.24) is 10.1 Å². The third-order valence-corrected chi connectivity index (χ3v) is 1.87. The smallest absolute Gasteiger partial charge is 0.321 e. The van der Waals surface area contributed by atoms with Crippen LogP contribution < -0.4 is 5.32 Å². The fraction of sp³-hybridized carbons (Fsp3) is 0.750. The van der Waals surface area contributed by atoms with Gasteiger partial charge in [-0.05, 0) is 6.92 Å². The van der Waals surface area contributed by atoms with Crippen LogP contribution in [0, 0.1) is 6.92 Å². The highest BCUT2D eigenvalue weighted by Gasteiger charge is 2.15. The third-order valence-electron chi connectivity index (χ3n) is 1.87. The van der Waals surface area contributed by atoms with Crippen LogP contribution in [-0.2, 0) is 9.47 Å². The van der Waals surface area contributed by atoms with Crippen molar-refractivity contribution in [3.8, 4) is 0 Å². The molecule has 0 amide bonds. The molecule has 0 atom stereocenters. The minimum atomic E-state index is 0.0809. The van der Waals surface area contributed by atoms with E-state index in [1.165, 1.54) is 0 Å². The molecule has 1 saturated heterocycles. The van der Waals surface area contributed by atoms with Gasteiger partial charge in [0.25, 0.3) is 0 Å². The van der Waals surface area contributed by atoms with Crippen LogP contribution in [0.1, 0.15) is 5.82 Å². The Balaban J connectivity index is 1.89. The molecule has 14 heavy (non-hydrogen) atoms. The van der Waals surface area contributed by atoms with Crippen LogP contribution in [-0.4, -0.2) is 42.6 Å². The zero-order chi connectivity index (χ0) is 9.80. The van der Waals surface area contributed by atoms with E-state index in [4.69, 9.17) is 14.0 Å². The molecule has 1 aromatic rings. The fourth-order valence-electron chi connectivity index (χ4n) is 1.23. The van der Waals surface area contributed by atoms with Crippen LogP contribution >= 0.6 is 0 Å². The first-order chi connectivity index (χ1) is 6.84. The van der Waals surface area contributed by atoms with Gasteiger partial charge in [-0.3, -0.25) is 0 Å². The summed E-state index contributed by atoms with van der Waals surface area (Å²) in [6, 6.07) is 0.499. The van der Waals surface area contributed by atoms with Crippen molar-refractivity contribution in [2.75, 3.05) is 31.7 Å². The zero-order valence-corrected chi connectivity index (χ0v) is 8.02. The summed E-state index contributed by atoms with van der Waals surface area (Å²) in [4.78, 5) is 4.04. The zero-order valence-electron chi connectivity index (χ0n) is 8.02. The van der Waals surface area contributed by atoms with Gasteiger partial charge in [-0.25, -0.2) is 0 Å². The Morgan fingerprint density at radius 3 is 2.57 bits per heavy atom. The summed E-state index contributed by atoms with van der Waals surface area (Å²) in [5.74, 6) is 0.614. The van der Waals surface area contributed by atoms with Crippen molar-refractivity contribution in [3.63, 3.8) is 0 Å². The van der Waals surface area contributed by atoms with E-state index in [1.807, 2.05) is 0 Å². The van der Waals surface area contributed by atoms with Crippen LogP contribution in [0.15, 0.2) is 4.52 Å². The summed E-state index contributed by atoms with van der Waals surface area (Å²) in [6.07, 6.45) is 0. The van der Waals surface area contributed by atoms with Gasteiger partial charge in [0, 0.05) is 0 Å². The van der Waals surface area contributed by atoms with E-state index in [0.29, 0.717) is 38.3 Å². The number of nitrogens with one attached hydrogen (secondary N) is 1. The topological polar surface area (TPSA) is 69.4 Å². The van der Waals surface area contributed by atoms with Gasteiger partial charge in [0.1, 0.15) is 0 Å². The van der Waals surface area contributed by atoms with Gasteiger partial charge in [0.2, 0.25) is 0 Å². The molecule has 6 nitrogen and oxygen atoms in total. The molecular formula is C8H13N3O3. The van der Waals surface area contributed by atoms with Crippen molar-refractivity contribution in [1.29, 1.82) is 0 Å². The lowest BCUT2D eigenvalue weighted by atomic mass is 10.3. The van der Waals surface area contributed by atoms with Crippen LogP contribution in [0.4, 0.5) is 6.01 Å². The molecule has 1 N–H and O–H groups in total. The molecule has 2 heterocycles. The maximum absolute atomic E-state index is 5.31. The van der Waals surface area contributed by atoms with E-state index < -0.39 is 0 Å². The molecule has 0 spiro atoms. The number of nitrogens with zero attached hydrogens (tertiary/aromatic N) is 2. The van der Waals surface area contributed by atoms with Gasteiger partial charge in [0.15, 0.2) is 5.82 Å². The molecular weight excluding hydrogens is 186 g/mol. The van der Waals surface area contributed by atoms with E-state index in [0.717, 1.165) is 0 Å². The highest BCUT2D eigenvalue weighted by Crippen LogP contribution is 2.06. The molecule has 2 rings (SSSR count). The first-order valence-electron chi connectivity index (χ1n) is 4.57. The summed E-state index contributed by atoms with van der Waals surface area (Å²) >= 11 is 0. The molecule has 0 aliphatic carbocycles. The Kier molecular flexibility index (Phi) is 2.95.